The van der Waals surface area contributed by atoms with Crippen LogP contribution in [0.3, 0.4) is 0 Å². The molecule has 3 aromatic carbocycles. The van der Waals surface area contributed by atoms with Gasteiger partial charge in [-0.3, -0.25) is 4.90 Å². The fourth-order valence-corrected chi connectivity index (χ4v) is 6.37. The van der Waals surface area contributed by atoms with Crippen molar-refractivity contribution < 1.29 is 14.6 Å². The topological polar surface area (TPSA) is 54.0 Å². The van der Waals surface area contributed by atoms with Crippen molar-refractivity contribution in [1.82, 2.24) is 4.90 Å². The highest BCUT2D eigenvalue weighted by atomic mass is 16.5. The molecular formula is C35H46N2O3. The lowest BCUT2D eigenvalue weighted by Gasteiger charge is -2.28. The Morgan fingerprint density at radius 3 is 2.42 bits per heavy atom. The molecule has 1 fully saturated rings. The van der Waals surface area contributed by atoms with Crippen molar-refractivity contribution in [1.29, 1.82) is 0 Å². The zero-order chi connectivity index (χ0) is 27.7. The second-order valence-electron chi connectivity index (χ2n) is 11.7. The standard InChI is InChI=1S/C35H46N2O3/c1-26(22-27-8-14-32(15-9-27)40-21-20-37-18-6-4-3-5-7-19-37)36-35-25-33(39-2)16-17-34(35)30-11-10-29-24-31(38)13-12-28(29)23-30/h8-9,12-17,24-26,30,36,38H,3-7,10-11,18-23H2,1-2H3. The fraction of sp³-hybridized carbons (Fsp3) is 0.486. The van der Waals surface area contributed by atoms with E-state index < -0.39 is 0 Å². The summed E-state index contributed by atoms with van der Waals surface area (Å²) in [5.74, 6) is 2.63. The Morgan fingerprint density at radius 1 is 0.900 bits per heavy atom. The molecule has 5 heteroatoms. The summed E-state index contributed by atoms with van der Waals surface area (Å²) in [6.07, 6.45) is 10.7. The van der Waals surface area contributed by atoms with Gasteiger partial charge in [0.15, 0.2) is 0 Å². The van der Waals surface area contributed by atoms with Gasteiger partial charge in [-0.15, -0.1) is 0 Å². The Kier molecular flexibility index (Phi) is 9.88. The molecule has 5 nitrogen and oxygen atoms in total. The van der Waals surface area contributed by atoms with E-state index in [1.807, 2.05) is 12.1 Å². The molecule has 0 radical (unpaired) electrons. The molecule has 214 valence electrons. The highest BCUT2D eigenvalue weighted by molar-refractivity contribution is 5.58. The molecule has 3 aromatic rings. The van der Waals surface area contributed by atoms with Crippen LogP contribution in [-0.2, 0) is 19.3 Å². The Balaban J connectivity index is 1.16. The third-order valence-electron chi connectivity index (χ3n) is 8.61. The van der Waals surface area contributed by atoms with Crippen LogP contribution in [0.5, 0.6) is 17.2 Å². The zero-order valence-corrected chi connectivity index (χ0v) is 24.3. The first-order valence-electron chi connectivity index (χ1n) is 15.3. The number of anilines is 1. The summed E-state index contributed by atoms with van der Waals surface area (Å²) < 4.78 is 11.7. The highest BCUT2D eigenvalue weighted by Crippen LogP contribution is 2.38. The number of methoxy groups -OCH3 is 1. The van der Waals surface area contributed by atoms with Gasteiger partial charge in [0.1, 0.15) is 23.9 Å². The Bertz CT molecular complexity index is 1220. The van der Waals surface area contributed by atoms with Crippen LogP contribution in [0, 0.1) is 0 Å². The summed E-state index contributed by atoms with van der Waals surface area (Å²) in [5, 5.41) is 13.7. The number of phenolic OH excluding ortho intramolecular Hbond substituents is 1. The zero-order valence-electron chi connectivity index (χ0n) is 24.3. The van der Waals surface area contributed by atoms with Crippen LogP contribution >= 0.6 is 0 Å². The molecule has 0 bridgehead atoms. The predicted molar refractivity (Wildman–Crippen MR) is 164 cm³/mol. The minimum absolute atomic E-state index is 0.262. The molecule has 1 heterocycles. The monoisotopic (exact) mass is 542 g/mol. The first kappa shape index (κ1) is 28.4. The van der Waals surface area contributed by atoms with E-state index in [1.54, 1.807) is 7.11 Å². The number of nitrogens with one attached hydrogen (secondary N) is 1. The molecule has 2 atom stereocenters. The van der Waals surface area contributed by atoms with E-state index in [-0.39, 0.29) is 6.04 Å². The molecule has 5 rings (SSSR count). The normalized spacial score (nSPS) is 18.7. The SMILES string of the molecule is COc1ccc(C2CCc3cc(O)ccc3C2)c(NC(C)Cc2ccc(OCCN3CCCCCCC3)cc2)c1. The van der Waals surface area contributed by atoms with Crippen LogP contribution in [0.25, 0.3) is 0 Å². The maximum Gasteiger partial charge on any atom is 0.120 e. The maximum absolute atomic E-state index is 9.88. The summed E-state index contributed by atoms with van der Waals surface area (Å²) in [4.78, 5) is 2.56. The molecule has 0 amide bonds. The first-order valence-corrected chi connectivity index (χ1v) is 15.3. The van der Waals surface area contributed by atoms with Crippen molar-refractivity contribution >= 4 is 5.69 Å². The third-order valence-corrected chi connectivity index (χ3v) is 8.61. The molecule has 2 aliphatic rings. The van der Waals surface area contributed by atoms with Gasteiger partial charge in [0, 0.05) is 24.3 Å². The average Bonchev–Trinajstić information content (AvgIpc) is 2.94. The van der Waals surface area contributed by atoms with E-state index >= 15 is 0 Å². The van der Waals surface area contributed by atoms with Gasteiger partial charge in [0.25, 0.3) is 0 Å². The molecular weight excluding hydrogens is 496 g/mol. The highest BCUT2D eigenvalue weighted by Gasteiger charge is 2.23. The van der Waals surface area contributed by atoms with Gasteiger partial charge in [-0.1, -0.05) is 43.5 Å². The van der Waals surface area contributed by atoms with Crippen LogP contribution in [0.4, 0.5) is 5.69 Å². The van der Waals surface area contributed by atoms with E-state index in [4.69, 9.17) is 9.47 Å². The van der Waals surface area contributed by atoms with E-state index in [9.17, 15) is 5.11 Å². The average molecular weight is 543 g/mol. The summed E-state index contributed by atoms with van der Waals surface area (Å²) >= 11 is 0. The number of fused-ring (bicyclic) bond motifs is 1. The van der Waals surface area contributed by atoms with Crippen molar-refractivity contribution in [3.05, 3.63) is 82.9 Å². The molecule has 1 saturated heterocycles. The Labute approximate surface area is 240 Å². The molecule has 40 heavy (non-hydrogen) atoms. The smallest absolute Gasteiger partial charge is 0.120 e. The maximum atomic E-state index is 9.88. The van der Waals surface area contributed by atoms with Gasteiger partial charge in [0.05, 0.1) is 7.11 Å². The van der Waals surface area contributed by atoms with E-state index in [0.717, 1.165) is 56.0 Å². The lowest BCUT2D eigenvalue weighted by Crippen LogP contribution is -2.31. The Morgan fingerprint density at radius 2 is 1.65 bits per heavy atom. The molecule has 1 aliphatic carbocycles. The van der Waals surface area contributed by atoms with Crippen molar-refractivity contribution in [2.75, 3.05) is 38.7 Å². The molecule has 1 aliphatic heterocycles. The van der Waals surface area contributed by atoms with Gasteiger partial charge in [-0.05, 0) is 117 Å². The number of nitrogens with zero attached hydrogens (tertiary/aromatic N) is 1. The molecule has 2 unspecified atom stereocenters. The molecule has 0 aromatic heterocycles. The number of phenols is 1. The number of hydrogen-bond donors (Lipinski definition) is 2. The van der Waals surface area contributed by atoms with Crippen molar-refractivity contribution in [2.24, 2.45) is 0 Å². The number of aromatic hydroxyl groups is 1. The second kappa shape index (κ2) is 13.9. The van der Waals surface area contributed by atoms with Crippen molar-refractivity contribution in [3.63, 3.8) is 0 Å². The second-order valence-corrected chi connectivity index (χ2v) is 11.7. The van der Waals surface area contributed by atoms with Gasteiger partial charge in [-0.2, -0.15) is 0 Å². The van der Waals surface area contributed by atoms with E-state index in [1.165, 1.54) is 67.4 Å². The number of benzene rings is 3. The fourth-order valence-electron chi connectivity index (χ4n) is 6.37. The molecule has 0 saturated carbocycles. The minimum Gasteiger partial charge on any atom is -0.508 e. The number of ether oxygens (including phenoxy) is 2. The van der Waals surface area contributed by atoms with E-state index in [2.05, 4.69) is 65.7 Å². The summed E-state index contributed by atoms with van der Waals surface area (Å²) in [6.45, 7) is 6.43. The lowest BCUT2D eigenvalue weighted by molar-refractivity contribution is 0.195. The quantitative estimate of drug-likeness (QED) is 0.280. The van der Waals surface area contributed by atoms with E-state index in [0.29, 0.717) is 11.7 Å². The lowest BCUT2D eigenvalue weighted by atomic mass is 9.79. The van der Waals surface area contributed by atoms with Crippen molar-refractivity contribution in [3.8, 4) is 17.2 Å². The molecule has 0 spiro atoms. The van der Waals surface area contributed by atoms with Crippen molar-refractivity contribution in [2.45, 2.75) is 76.7 Å². The van der Waals surface area contributed by atoms with Crippen LogP contribution in [-0.4, -0.2) is 49.4 Å². The number of hydrogen-bond acceptors (Lipinski definition) is 5. The largest absolute Gasteiger partial charge is 0.508 e. The summed E-state index contributed by atoms with van der Waals surface area (Å²) in [7, 11) is 1.73. The van der Waals surface area contributed by atoms with Gasteiger partial charge >= 0.3 is 0 Å². The van der Waals surface area contributed by atoms with Crippen LogP contribution in [0.15, 0.2) is 60.7 Å². The minimum atomic E-state index is 0.262. The van der Waals surface area contributed by atoms with Crippen LogP contribution in [0.2, 0.25) is 0 Å². The number of likely N-dealkylation sites (tertiary alicyclic amines) is 1. The Hall–Kier alpha value is -3.18. The van der Waals surface area contributed by atoms with Gasteiger partial charge in [-0.25, -0.2) is 0 Å². The van der Waals surface area contributed by atoms with Gasteiger partial charge < -0.3 is 19.9 Å². The summed E-state index contributed by atoms with van der Waals surface area (Å²) in [5.41, 5.74) is 6.41. The number of rotatable bonds is 10. The predicted octanol–water partition coefficient (Wildman–Crippen LogP) is 7.36. The third kappa shape index (κ3) is 7.72. The number of aryl methyl sites for hydroxylation is 1. The molecule has 2 N–H and O–H groups in total. The van der Waals surface area contributed by atoms with Crippen LogP contribution in [0.1, 0.15) is 73.6 Å². The summed E-state index contributed by atoms with van der Waals surface area (Å²) in [6, 6.07) is 21.1. The first-order chi connectivity index (χ1) is 19.6. The van der Waals surface area contributed by atoms with Gasteiger partial charge in [0.2, 0.25) is 0 Å². The van der Waals surface area contributed by atoms with Crippen LogP contribution < -0.4 is 14.8 Å².